The summed E-state index contributed by atoms with van der Waals surface area (Å²) < 4.78 is 0. The van der Waals surface area contributed by atoms with Gasteiger partial charge in [-0.25, -0.2) is 0 Å². The summed E-state index contributed by atoms with van der Waals surface area (Å²) in [6.07, 6.45) is 0. The summed E-state index contributed by atoms with van der Waals surface area (Å²) in [5.74, 6) is 0. The molecular formula is C6H3B2NO2. The Hall–Kier alpha value is -1.25. The molecule has 0 aliphatic rings. The molecule has 1 aromatic carbocycles. The molecule has 0 heterocycles. The molecule has 0 saturated carbocycles. The predicted molar refractivity (Wildman–Crippen MR) is 43.9 cm³/mol. The van der Waals surface area contributed by atoms with Gasteiger partial charge in [-0.1, -0.05) is 17.6 Å². The van der Waals surface area contributed by atoms with E-state index in [1.807, 2.05) is 0 Å². The van der Waals surface area contributed by atoms with Crippen molar-refractivity contribution in [3.8, 4) is 0 Å². The van der Waals surface area contributed by atoms with Crippen molar-refractivity contribution in [2.75, 3.05) is 0 Å². The Morgan fingerprint density at radius 1 is 1.36 bits per heavy atom. The topological polar surface area (TPSA) is 43.1 Å². The first kappa shape index (κ1) is 7.85. The van der Waals surface area contributed by atoms with Crippen LogP contribution in [0, 0.1) is 10.1 Å². The Kier molecular flexibility index (Phi) is 1.98. The van der Waals surface area contributed by atoms with Crippen LogP contribution in [0.2, 0.25) is 0 Å². The minimum absolute atomic E-state index is 0.0926. The fourth-order valence-corrected chi connectivity index (χ4v) is 0.739. The molecule has 0 saturated heterocycles. The van der Waals surface area contributed by atoms with Crippen LogP contribution in [0.4, 0.5) is 5.69 Å². The molecule has 4 radical (unpaired) electrons. The Labute approximate surface area is 66.4 Å². The second kappa shape index (κ2) is 2.78. The molecule has 0 N–H and O–H groups in total. The zero-order valence-electron chi connectivity index (χ0n) is 5.65. The molecule has 1 rings (SSSR count). The van der Waals surface area contributed by atoms with E-state index in [0.29, 0.717) is 5.46 Å². The van der Waals surface area contributed by atoms with Crippen LogP contribution in [0.1, 0.15) is 0 Å². The first-order valence-electron chi connectivity index (χ1n) is 2.90. The van der Waals surface area contributed by atoms with Crippen molar-refractivity contribution < 1.29 is 4.92 Å². The molecule has 3 nitrogen and oxygen atoms in total. The molecule has 0 unspecified atom stereocenters. The summed E-state index contributed by atoms with van der Waals surface area (Å²) in [6.45, 7) is 0. The van der Waals surface area contributed by atoms with E-state index in [2.05, 4.69) is 0 Å². The minimum atomic E-state index is -0.547. The summed E-state index contributed by atoms with van der Waals surface area (Å²) >= 11 is 0. The van der Waals surface area contributed by atoms with Crippen LogP contribution in [0.15, 0.2) is 18.2 Å². The van der Waals surface area contributed by atoms with E-state index < -0.39 is 4.92 Å². The SMILES string of the molecule is [B]c1ccc([N+](=O)[O-])c([B])c1. The van der Waals surface area contributed by atoms with Gasteiger partial charge in [0.2, 0.25) is 0 Å². The molecule has 0 aliphatic heterocycles. The van der Waals surface area contributed by atoms with Crippen LogP contribution in [-0.4, -0.2) is 20.6 Å². The zero-order valence-corrected chi connectivity index (χ0v) is 5.65. The van der Waals surface area contributed by atoms with Crippen LogP contribution >= 0.6 is 0 Å². The van der Waals surface area contributed by atoms with Crippen molar-refractivity contribution in [1.29, 1.82) is 0 Å². The van der Waals surface area contributed by atoms with E-state index in [-0.39, 0.29) is 11.2 Å². The van der Waals surface area contributed by atoms with Crippen LogP contribution in [0.25, 0.3) is 0 Å². The Balaban J connectivity index is 3.20. The maximum absolute atomic E-state index is 10.2. The van der Waals surface area contributed by atoms with Crippen molar-refractivity contribution in [3.63, 3.8) is 0 Å². The van der Waals surface area contributed by atoms with E-state index in [4.69, 9.17) is 15.7 Å². The smallest absolute Gasteiger partial charge is 0.258 e. The second-order valence-corrected chi connectivity index (χ2v) is 2.08. The van der Waals surface area contributed by atoms with Crippen LogP contribution < -0.4 is 10.9 Å². The van der Waals surface area contributed by atoms with Gasteiger partial charge < -0.3 is 0 Å². The lowest BCUT2D eigenvalue weighted by molar-refractivity contribution is -0.383. The first-order chi connectivity index (χ1) is 5.11. The highest BCUT2D eigenvalue weighted by Crippen LogP contribution is 2.02. The zero-order chi connectivity index (χ0) is 8.43. The van der Waals surface area contributed by atoms with Crippen molar-refractivity contribution in [1.82, 2.24) is 0 Å². The highest BCUT2D eigenvalue weighted by atomic mass is 16.6. The fourth-order valence-electron chi connectivity index (χ4n) is 0.739. The van der Waals surface area contributed by atoms with Gasteiger partial charge in [0.05, 0.1) is 4.92 Å². The largest absolute Gasteiger partial charge is 0.262 e. The number of benzene rings is 1. The standard InChI is InChI=1S/C6H3B2NO2/c7-4-1-2-6(9(10)11)5(8)3-4/h1-3H. The molecule has 0 aliphatic carbocycles. The van der Waals surface area contributed by atoms with Gasteiger partial charge in [-0.3, -0.25) is 10.1 Å². The molecule has 1 aromatic rings. The third kappa shape index (κ3) is 1.61. The van der Waals surface area contributed by atoms with Crippen molar-refractivity contribution in [3.05, 3.63) is 28.3 Å². The lowest BCUT2D eigenvalue weighted by atomic mass is 9.86. The van der Waals surface area contributed by atoms with E-state index in [1.54, 1.807) is 0 Å². The van der Waals surface area contributed by atoms with Crippen molar-refractivity contribution >= 4 is 32.3 Å². The third-order valence-electron chi connectivity index (χ3n) is 1.25. The number of nitrogens with zero attached hydrogens (tertiary/aromatic N) is 1. The van der Waals surface area contributed by atoms with Gasteiger partial charge in [0, 0.05) is 6.07 Å². The molecule has 0 aromatic heterocycles. The van der Waals surface area contributed by atoms with Crippen LogP contribution in [-0.2, 0) is 0 Å². The Bertz CT molecular complexity index is 301. The predicted octanol–water partition coefficient (Wildman–Crippen LogP) is -0.818. The quantitative estimate of drug-likeness (QED) is 0.292. The highest BCUT2D eigenvalue weighted by molar-refractivity contribution is 6.39. The van der Waals surface area contributed by atoms with Gasteiger partial charge in [-0.05, 0) is 5.46 Å². The number of nitro groups is 1. The van der Waals surface area contributed by atoms with Crippen LogP contribution in [0.3, 0.4) is 0 Å². The second-order valence-electron chi connectivity index (χ2n) is 2.08. The average molecular weight is 143 g/mol. The molecule has 0 atom stereocenters. The number of nitro benzene ring substituents is 1. The third-order valence-corrected chi connectivity index (χ3v) is 1.25. The van der Waals surface area contributed by atoms with Gasteiger partial charge in [0.25, 0.3) is 5.69 Å². The highest BCUT2D eigenvalue weighted by Gasteiger charge is 2.07. The number of hydrogen-bond donors (Lipinski definition) is 0. The summed E-state index contributed by atoms with van der Waals surface area (Å²) in [5, 5.41) is 10.2. The molecule has 5 heteroatoms. The molecule has 11 heavy (non-hydrogen) atoms. The van der Waals surface area contributed by atoms with Crippen LogP contribution in [0.5, 0.6) is 0 Å². The lowest BCUT2D eigenvalue weighted by Gasteiger charge is -1.97. The molecule has 0 amide bonds. The maximum Gasteiger partial charge on any atom is 0.262 e. The van der Waals surface area contributed by atoms with Crippen molar-refractivity contribution in [2.24, 2.45) is 0 Å². The van der Waals surface area contributed by atoms with Crippen molar-refractivity contribution in [2.45, 2.75) is 0 Å². The van der Waals surface area contributed by atoms with E-state index >= 15 is 0 Å². The Morgan fingerprint density at radius 2 is 2.00 bits per heavy atom. The normalized spacial score (nSPS) is 9.45. The average Bonchev–Trinajstić information content (AvgIpc) is 1.85. The minimum Gasteiger partial charge on any atom is -0.258 e. The molecular weight excluding hydrogens is 140 g/mol. The van der Waals surface area contributed by atoms with Gasteiger partial charge in [-0.2, -0.15) is 0 Å². The summed E-state index contributed by atoms with van der Waals surface area (Å²) in [7, 11) is 10.6. The maximum atomic E-state index is 10.2. The van der Waals surface area contributed by atoms with E-state index in [1.165, 1.54) is 18.2 Å². The first-order valence-corrected chi connectivity index (χ1v) is 2.90. The van der Waals surface area contributed by atoms with Gasteiger partial charge in [-0.15, -0.1) is 0 Å². The lowest BCUT2D eigenvalue weighted by Crippen LogP contribution is -2.16. The summed E-state index contributed by atoms with van der Waals surface area (Å²) in [5.41, 5.74) is 0.405. The van der Waals surface area contributed by atoms with E-state index in [9.17, 15) is 10.1 Å². The van der Waals surface area contributed by atoms with Gasteiger partial charge >= 0.3 is 0 Å². The summed E-state index contributed by atoms with van der Waals surface area (Å²) in [6, 6.07) is 4.08. The number of rotatable bonds is 1. The van der Waals surface area contributed by atoms with Gasteiger partial charge in [0.1, 0.15) is 15.7 Å². The van der Waals surface area contributed by atoms with E-state index in [0.717, 1.165) is 0 Å². The monoisotopic (exact) mass is 143 g/mol. The Morgan fingerprint density at radius 3 is 2.45 bits per heavy atom. The molecule has 0 fully saturated rings. The molecule has 0 bridgehead atoms. The fraction of sp³-hybridized carbons (Fsp3) is 0. The molecule has 0 spiro atoms. The number of hydrogen-bond acceptors (Lipinski definition) is 2. The molecule has 50 valence electrons. The van der Waals surface area contributed by atoms with Gasteiger partial charge in [0.15, 0.2) is 0 Å². The summed E-state index contributed by atoms with van der Waals surface area (Å²) in [4.78, 5) is 9.67.